The maximum absolute atomic E-state index is 12.3. The molecule has 0 spiro atoms. The summed E-state index contributed by atoms with van der Waals surface area (Å²) < 4.78 is 0. The van der Waals surface area contributed by atoms with E-state index in [4.69, 9.17) is 0 Å². The van der Waals surface area contributed by atoms with Gasteiger partial charge in [-0.2, -0.15) is 5.10 Å². The number of urea groups is 1. The van der Waals surface area contributed by atoms with Crippen LogP contribution in [0.5, 0.6) is 0 Å². The van der Waals surface area contributed by atoms with E-state index in [2.05, 4.69) is 25.7 Å². The van der Waals surface area contributed by atoms with Crippen LogP contribution in [0, 0.1) is 0 Å². The summed E-state index contributed by atoms with van der Waals surface area (Å²) in [4.78, 5) is 26.9. The first-order chi connectivity index (χ1) is 12.1. The first-order valence-electron chi connectivity index (χ1n) is 9.51. The smallest absolute Gasteiger partial charge is 0.315 e. The van der Waals surface area contributed by atoms with Gasteiger partial charge >= 0.3 is 6.03 Å². The van der Waals surface area contributed by atoms with Crippen molar-refractivity contribution in [2.45, 2.75) is 71.0 Å². The van der Waals surface area contributed by atoms with Crippen LogP contribution in [0.2, 0.25) is 0 Å². The average molecular weight is 347 g/mol. The van der Waals surface area contributed by atoms with Crippen LogP contribution in [0.4, 0.5) is 4.79 Å². The van der Waals surface area contributed by atoms with Crippen LogP contribution in [0.15, 0.2) is 4.79 Å². The van der Waals surface area contributed by atoms with E-state index in [1.54, 1.807) is 0 Å². The van der Waals surface area contributed by atoms with Crippen molar-refractivity contribution in [3.05, 3.63) is 27.2 Å². The highest BCUT2D eigenvalue weighted by Crippen LogP contribution is 2.27. The molecule has 7 nitrogen and oxygen atoms in total. The molecule has 0 unspecified atom stereocenters. The van der Waals surface area contributed by atoms with Crippen molar-refractivity contribution in [2.24, 2.45) is 0 Å². The van der Waals surface area contributed by atoms with E-state index >= 15 is 0 Å². The molecule has 0 aliphatic carbocycles. The van der Waals surface area contributed by atoms with Gasteiger partial charge in [0.15, 0.2) is 0 Å². The molecule has 2 saturated heterocycles. The van der Waals surface area contributed by atoms with Gasteiger partial charge in [-0.25, -0.2) is 9.89 Å². The van der Waals surface area contributed by atoms with Crippen molar-refractivity contribution in [3.63, 3.8) is 0 Å². The molecule has 7 heteroatoms. The molecule has 3 N–H and O–H groups in total. The highest BCUT2D eigenvalue weighted by Gasteiger charge is 2.36. The summed E-state index contributed by atoms with van der Waals surface area (Å²) in [5, 5.41) is 12.6. The number of piperidine rings is 1. The number of carbonyl (C=O) groups excluding carboxylic acids is 1. The van der Waals surface area contributed by atoms with Crippen molar-refractivity contribution in [3.8, 4) is 0 Å². The summed E-state index contributed by atoms with van der Waals surface area (Å²) in [6.07, 6.45) is 6.17. The number of nitrogens with one attached hydrogen (secondary N) is 3. The van der Waals surface area contributed by atoms with Gasteiger partial charge in [-0.1, -0.05) is 20.3 Å². The third kappa shape index (κ3) is 3.86. The molecule has 2 aliphatic rings. The Hall–Kier alpha value is -1.89. The van der Waals surface area contributed by atoms with Gasteiger partial charge in [0.2, 0.25) is 0 Å². The number of amides is 2. The summed E-state index contributed by atoms with van der Waals surface area (Å²) in [7, 11) is 0. The molecule has 0 bridgehead atoms. The number of aryl methyl sites for hydroxylation is 1. The highest BCUT2D eigenvalue weighted by molar-refractivity contribution is 5.74. The molecule has 3 heterocycles. The molecule has 1 aromatic rings. The number of aromatic amines is 1. The lowest BCUT2D eigenvalue weighted by Crippen LogP contribution is -2.49. The van der Waals surface area contributed by atoms with Crippen LogP contribution in [0.1, 0.15) is 56.4 Å². The largest absolute Gasteiger partial charge is 0.334 e. The summed E-state index contributed by atoms with van der Waals surface area (Å²) in [5.74, 6) is 0. The topological polar surface area (TPSA) is 90.1 Å². The molecule has 2 amide bonds. The molecular weight excluding hydrogens is 318 g/mol. The zero-order chi connectivity index (χ0) is 17.8. The summed E-state index contributed by atoms with van der Waals surface area (Å²) in [5.41, 5.74) is 2.25. The lowest BCUT2D eigenvalue weighted by atomic mass is 9.99. The Labute approximate surface area is 148 Å². The maximum Gasteiger partial charge on any atom is 0.315 e. The van der Waals surface area contributed by atoms with Crippen LogP contribution in [-0.2, 0) is 19.4 Å². The van der Waals surface area contributed by atoms with E-state index in [0.717, 1.165) is 50.0 Å². The minimum absolute atomic E-state index is 0.186. The Morgan fingerprint density at radius 1 is 1.20 bits per heavy atom. The van der Waals surface area contributed by atoms with Gasteiger partial charge < -0.3 is 10.6 Å². The minimum atomic E-state index is -0.214. The molecule has 0 radical (unpaired) electrons. The van der Waals surface area contributed by atoms with Gasteiger partial charge in [-0.05, 0) is 44.2 Å². The Bertz CT molecular complexity index is 672. The third-order valence-corrected chi connectivity index (χ3v) is 5.57. The van der Waals surface area contributed by atoms with Gasteiger partial charge in [-0.15, -0.1) is 0 Å². The molecule has 2 atom stereocenters. The number of hydrogen-bond acceptors (Lipinski definition) is 4. The fourth-order valence-corrected chi connectivity index (χ4v) is 4.27. The van der Waals surface area contributed by atoms with Crippen LogP contribution in [0.3, 0.4) is 0 Å². The third-order valence-electron chi connectivity index (χ3n) is 5.57. The predicted octanol–water partition coefficient (Wildman–Crippen LogP) is 1.32. The molecule has 0 saturated carbocycles. The number of H-pyrrole nitrogens is 1. The van der Waals surface area contributed by atoms with Crippen molar-refractivity contribution in [2.75, 3.05) is 13.1 Å². The molecule has 3 rings (SSSR count). The zero-order valence-corrected chi connectivity index (χ0v) is 15.2. The van der Waals surface area contributed by atoms with Crippen molar-refractivity contribution >= 4 is 6.03 Å². The quantitative estimate of drug-likeness (QED) is 0.749. The Morgan fingerprint density at radius 2 is 2.04 bits per heavy atom. The van der Waals surface area contributed by atoms with Crippen molar-refractivity contribution < 1.29 is 4.79 Å². The number of fused-ring (bicyclic) bond motifs is 1. The summed E-state index contributed by atoms with van der Waals surface area (Å²) in [6, 6.07) is 0.503. The fraction of sp³-hybridized carbons (Fsp3) is 0.722. The van der Waals surface area contributed by atoms with Crippen LogP contribution in [0.25, 0.3) is 0 Å². The minimum Gasteiger partial charge on any atom is -0.334 e. The Balaban J connectivity index is 1.60. The Morgan fingerprint density at radius 3 is 2.80 bits per heavy atom. The number of carbonyl (C=O) groups is 1. The lowest BCUT2D eigenvalue weighted by Gasteiger charge is -2.32. The fourth-order valence-electron chi connectivity index (χ4n) is 4.27. The highest BCUT2D eigenvalue weighted by atomic mass is 16.2. The van der Waals surface area contributed by atoms with Gasteiger partial charge in [0.1, 0.15) is 0 Å². The zero-order valence-electron chi connectivity index (χ0n) is 15.2. The summed E-state index contributed by atoms with van der Waals surface area (Å²) in [6.45, 7) is 6.48. The lowest BCUT2D eigenvalue weighted by molar-refractivity contribution is 0.179. The Kier molecular flexibility index (Phi) is 5.73. The van der Waals surface area contributed by atoms with Crippen LogP contribution < -0.4 is 16.2 Å². The maximum atomic E-state index is 12.3. The average Bonchev–Trinajstić information content (AvgIpc) is 3.03. The van der Waals surface area contributed by atoms with Gasteiger partial charge in [-0.3, -0.25) is 9.69 Å². The number of nitrogens with zero attached hydrogens (tertiary/aromatic N) is 2. The van der Waals surface area contributed by atoms with E-state index in [0.29, 0.717) is 11.6 Å². The second-order valence-electron chi connectivity index (χ2n) is 6.98. The van der Waals surface area contributed by atoms with E-state index in [1.165, 1.54) is 12.8 Å². The monoisotopic (exact) mass is 347 g/mol. The molecule has 2 aliphatic heterocycles. The van der Waals surface area contributed by atoms with E-state index in [-0.39, 0.29) is 24.2 Å². The van der Waals surface area contributed by atoms with Gasteiger partial charge in [0, 0.05) is 24.2 Å². The molecule has 1 aromatic heterocycles. The standard InChI is InChI=1S/C18H29N5O2/c1-3-12-13(17(24)22-21-14(12)4-2)11-19-18(25)20-15-8-10-23-9-6-5-7-16(15)23/h15-16H,3-11H2,1-2H3,(H,22,24)(H2,19,20,25)/t15-,16-/m0/s1. The predicted molar refractivity (Wildman–Crippen MR) is 96.6 cm³/mol. The van der Waals surface area contributed by atoms with Crippen LogP contribution >= 0.6 is 0 Å². The molecule has 2 fully saturated rings. The first-order valence-corrected chi connectivity index (χ1v) is 9.51. The van der Waals surface area contributed by atoms with Crippen molar-refractivity contribution in [1.82, 2.24) is 25.7 Å². The SMILES string of the molecule is CCc1n[nH]c(=O)c(CNC(=O)N[C@H]2CCN3CCCC[C@@H]23)c1CC. The second kappa shape index (κ2) is 7.99. The number of hydrogen-bond donors (Lipinski definition) is 3. The normalized spacial score (nSPS) is 23.3. The molecule has 0 aromatic carbocycles. The molecule has 25 heavy (non-hydrogen) atoms. The second-order valence-corrected chi connectivity index (χ2v) is 6.98. The van der Waals surface area contributed by atoms with Gasteiger partial charge in [0.25, 0.3) is 5.56 Å². The molecule has 138 valence electrons. The summed E-state index contributed by atoms with van der Waals surface area (Å²) >= 11 is 0. The number of aromatic nitrogens is 2. The van der Waals surface area contributed by atoms with E-state index in [1.807, 2.05) is 13.8 Å². The van der Waals surface area contributed by atoms with E-state index < -0.39 is 0 Å². The van der Waals surface area contributed by atoms with Gasteiger partial charge in [0.05, 0.1) is 12.2 Å². The number of rotatable bonds is 5. The molecular formula is C18H29N5O2. The van der Waals surface area contributed by atoms with Crippen molar-refractivity contribution in [1.29, 1.82) is 0 Å². The van der Waals surface area contributed by atoms with Crippen LogP contribution in [-0.4, -0.2) is 46.3 Å². The first kappa shape index (κ1) is 17.9. The van der Waals surface area contributed by atoms with E-state index in [9.17, 15) is 9.59 Å².